The molecular formula is C10H10F3N. The summed E-state index contributed by atoms with van der Waals surface area (Å²) < 4.78 is 36.3. The van der Waals surface area contributed by atoms with Gasteiger partial charge in [-0.3, -0.25) is 0 Å². The third-order valence-electron chi connectivity index (χ3n) is 2.32. The summed E-state index contributed by atoms with van der Waals surface area (Å²) in [6.07, 6.45) is -4.38. The van der Waals surface area contributed by atoms with Gasteiger partial charge in [0.05, 0.1) is 6.42 Å². The van der Waals surface area contributed by atoms with Crippen LogP contribution in [0.15, 0.2) is 24.3 Å². The normalized spacial score (nSPS) is 20.4. The number of hydrogen-bond acceptors (Lipinski definition) is 1. The maximum Gasteiger partial charge on any atom is 0.391 e. The van der Waals surface area contributed by atoms with Crippen LogP contribution in [0.1, 0.15) is 12.0 Å². The van der Waals surface area contributed by atoms with Gasteiger partial charge in [-0.25, -0.2) is 0 Å². The molecular weight excluding hydrogens is 191 g/mol. The number of rotatable bonds is 1. The van der Waals surface area contributed by atoms with Gasteiger partial charge in [-0.15, -0.1) is 0 Å². The summed E-state index contributed by atoms with van der Waals surface area (Å²) in [6, 6.07) is 6.84. The highest BCUT2D eigenvalue weighted by Gasteiger charge is 2.34. The maximum atomic E-state index is 12.1. The first kappa shape index (κ1) is 9.37. The molecule has 1 aliphatic rings. The SMILES string of the molecule is FC(F)(F)CC1Cc2ccccc2N1. The first-order valence-electron chi connectivity index (χ1n) is 4.46. The highest BCUT2D eigenvalue weighted by atomic mass is 19.4. The number of fused-ring (bicyclic) bond motifs is 1. The van der Waals surface area contributed by atoms with Crippen molar-refractivity contribution >= 4 is 5.69 Å². The van der Waals surface area contributed by atoms with E-state index in [0.717, 1.165) is 11.3 Å². The van der Waals surface area contributed by atoms with Crippen LogP contribution < -0.4 is 5.32 Å². The Kier molecular flexibility index (Phi) is 2.13. The standard InChI is InChI=1S/C10H10F3N/c11-10(12,13)6-8-5-7-3-1-2-4-9(7)14-8/h1-4,8,14H,5-6H2. The largest absolute Gasteiger partial charge is 0.391 e. The van der Waals surface area contributed by atoms with Gasteiger partial charge in [-0.05, 0) is 18.1 Å². The lowest BCUT2D eigenvalue weighted by Crippen LogP contribution is -2.24. The molecule has 0 bridgehead atoms. The van der Waals surface area contributed by atoms with E-state index in [9.17, 15) is 13.2 Å². The van der Waals surface area contributed by atoms with E-state index in [1.165, 1.54) is 0 Å². The molecule has 1 aliphatic heterocycles. The van der Waals surface area contributed by atoms with Gasteiger partial charge in [0.25, 0.3) is 0 Å². The summed E-state index contributed by atoms with van der Waals surface area (Å²) in [6.45, 7) is 0. The highest BCUT2D eigenvalue weighted by molar-refractivity contribution is 5.56. The van der Waals surface area contributed by atoms with Crippen LogP contribution in [0.25, 0.3) is 0 Å². The van der Waals surface area contributed by atoms with Crippen LogP contribution in [-0.4, -0.2) is 12.2 Å². The summed E-state index contributed by atoms with van der Waals surface area (Å²) in [5.41, 5.74) is 1.81. The second-order valence-corrected chi connectivity index (χ2v) is 3.52. The van der Waals surface area contributed by atoms with E-state index in [1.807, 2.05) is 24.3 Å². The third-order valence-corrected chi connectivity index (χ3v) is 2.32. The molecule has 1 atom stereocenters. The van der Waals surface area contributed by atoms with Crippen molar-refractivity contribution in [3.8, 4) is 0 Å². The molecule has 1 N–H and O–H groups in total. The van der Waals surface area contributed by atoms with E-state index in [4.69, 9.17) is 0 Å². The topological polar surface area (TPSA) is 12.0 Å². The minimum absolute atomic E-state index is 0.468. The summed E-state index contributed by atoms with van der Waals surface area (Å²) in [5.74, 6) is 0. The van der Waals surface area contributed by atoms with Gasteiger partial charge in [0.1, 0.15) is 0 Å². The fraction of sp³-hybridized carbons (Fsp3) is 0.400. The van der Waals surface area contributed by atoms with Gasteiger partial charge in [0.15, 0.2) is 0 Å². The van der Waals surface area contributed by atoms with Crippen LogP contribution in [0.3, 0.4) is 0 Å². The molecule has 1 unspecified atom stereocenters. The second kappa shape index (κ2) is 3.19. The molecule has 0 aromatic heterocycles. The Labute approximate surface area is 79.9 Å². The van der Waals surface area contributed by atoms with Gasteiger partial charge >= 0.3 is 6.18 Å². The zero-order chi connectivity index (χ0) is 10.2. The van der Waals surface area contributed by atoms with Crippen LogP contribution in [0.5, 0.6) is 0 Å². The molecule has 0 spiro atoms. The van der Waals surface area contributed by atoms with Crippen molar-refractivity contribution in [3.63, 3.8) is 0 Å². The van der Waals surface area contributed by atoms with Gasteiger partial charge in [-0.2, -0.15) is 13.2 Å². The average Bonchev–Trinajstić information content (AvgIpc) is 2.42. The minimum atomic E-state index is -4.08. The van der Waals surface area contributed by atoms with Crippen LogP contribution in [0.4, 0.5) is 18.9 Å². The molecule has 76 valence electrons. The lowest BCUT2D eigenvalue weighted by Gasteiger charge is -2.13. The first-order valence-corrected chi connectivity index (χ1v) is 4.46. The Morgan fingerprint density at radius 1 is 1.29 bits per heavy atom. The van der Waals surface area contributed by atoms with E-state index in [2.05, 4.69) is 5.32 Å². The molecule has 0 amide bonds. The van der Waals surface area contributed by atoms with Crippen molar-refractivity contribution in [1.82, 2.24) is 0 Å². The quantitative estimate of drug-likeness (QED) is 0.736. The minimum Gasteiger partial charge on any atom is -0.381 e. The van der Waals surface area contributed by atoms with Crippen LogP contribution in [0.2, 0.25) is 0 Å². The Bertz CT molecular complexity index is 307. The van der Waals surface area contributed by atoms with Crippen molar-refractivity contribution in [2.75, 3.05) is 5.32 Å². The molecule has 1 aromatic rings. The zero-order valence-electron chi connectivity index (χ0n) is 7.43. The number of anilines is 1. The molecule has 0 radical (unpaired) electrons. The molecule has 2 rings (SSSR count). The molecule has 0 fully saturated rings. The molecule has 1 aromatic carbocycles. The lowest BCUT2D eigenvalue weighted by molar-refractivity contribution is -0.136. The molecule has 14 heavy (non-hydrogen) atoms. The lowest BCUT2D eigenvalue weighted by atomic mass is 10.1. The van der Waals surface area contributed by atoms with Crippen molar-refractivity contribution in [2.45, 2.75) is 25.1 Å². The Balaban J connectivity index is 2.05. The van der Waals surface area contributed by atoms with Gasteiger partial charge in [0, 0.05) is 11.7 Å². The predicted molar refractivity (Wildman–Crippen MR) is 48.2 cm³/mol. The molecule has 0 saturated carbocycles. The Hall–Kier alpha value is -1.19. The van der Waals surface area contributed by atoms with Crippen LogP contribution >= 0.6 is 0 Å². The summed E-state index contributed by atoms with van der Waals surface area (Å²) in [7, 11) is 0. The number of benzene rings is 1. The molecule has 1 heterocycles. The fourth-order valence-electron chi connectivity index (χ4n) is 1.78. The molecule has 0 aliphatic carbocycles. The number of hydrogen-bond donors (Lipinski definition) is 1. The van der Waals surface area contributed by atoms with Crippen molar-refractivity contribution in [2.24, 2.45) is 0 Å². The molecule has 4 heteroatoms. The Morgan fingerprint density at radius 3 is 2.64 bits per heavy atom. The summed E-state index contributed by atoms with van der Waals surface area (Å²) >= 11 is 0. The number of halogens is 3. The second-order valence-electron chi connectivity index (χ2n) is 3.52. The van der Waals surface area contributed by atoms with Crippen LogP contribution in [0, 0.1) is 0 Å². The van der Waals surface area contributed by atoms with Gasteiger partial charge in [-0.1, -0.05) is 18.2 Å². The predicted octanol–water partition coefficient (Wildman–Crippen LogP) is 2.98. The first-order chi connectivity index (χ1) is 6.54. The average molecular weight is 201 g/mol. The fourth-order valence-corrected chi connectivity index (χ4v) is 1.78. The van der Waals surface area contributed by atoms with E-state index < -0.39 is 18.6 Å². The van der Waals surface area contributed by atoms with Crippen molar-refractivity contribution in [3.05, 3.63) is 29.8 Å². The maximum absolute atomic E-state index is 12.1. The highest BCUT2D eigenvalue weighted by Crippen LogP contribution is 2.31. The number of nitrogens with one attached hydrogen (secondary N) is 1. The van der Waals surface area contributed by atoms with Crippen molar-refractivity contribution < 1.29 is 13.2 Å². The number of alkyl halides is 3. The third kappa shape index (κ3) is 2.00. The van der Waals surface area contributed by atoms with Crippen LogP contribution in [-0.2, 0) is 6.42 Å². The smallest absolute Gasteiger partial charge is 0.381 e. The van der Waals surface area contributed by atoms with Gasteiger partial charge < -0.3 is 5.32 Å². The van der Waals surface area contributed by atoms with Gasteiger partial charge in [0.2, 0.25) is 0 Å². The zero-order valence-corrected chi connectivity index (χ0v) is 7.43. The van der Waals surface area contributed by atoms with E-state index in [0.29, 0.717) is 6.42 Å². The summed E-state index contributed by atoms with van der Waals surface area (Å²) in [4.78, 5) is 0. The van der Waals surface area contributed by atoms with Crippen molar-refractivity contribution in [1.29, 1.82) is 0 Å². The number of para-hydroxylation sites is 1. The van der Waals surface area contributed by atoms with E-state index >= 15 is 0 Å². The van der Waals surface area contributed by atoms with E-state index in [1.54, 1.807) is 0 Å². The monoisotopic (exact) mass is 201 g/mol. The van der Waals surface area contributed by atoms with E-state index in [-0.39, 0.29) is 0 Å². The Morgan fingerprint density at radius 2 is 2.00 bits per heavy atom. The molecule has 1 nitrogen and oxygen atoms in total. The molecule has 0 saturated heterocycles. The summed E-state index contributed by atoms with van der Waals surface area (Å²) in [5, 5.41) is 2.87.